The summed E-state index contributed by atoms with van der Waals surface area (Å²) in [6.07, 6.45) is 4.55. The molecule has 1 aliphatic rings. The summed E-state index contributed by atoms with van der Waals surface area (Å²) in [6, 6.07) is 0. The zero-order valence-electron chi connectivity index (χ0n) is 11.6. The predicted octanol–water partition coefficient (Wildman–Crippen LogP) is 3.28. The third kappa shape index (κ3) is 2.24. The quantitative estimate of drug-likeness (QED) is 0.808. The van der Waals surface area contributed by atoms with E-state index in [0.717, 1.165) is 46.2 Å². The minimum Gasteiger partial charge on any atom is -0.356 e. The standard InChI is InChI=1S/C14H19BrN4/c1-9-4-6-19(7-5-9)14-12-11(15)8-18(3)13(12)16-10(2)17-14/h8-9H,4-7H2,1-3H3. The fraction of sp³-hybridized carbons (Fsp3) is 0.571. The van der Waals surface area contributed by atoms with Gasteiger partial charge in [0.2, 0.25) is 0 Å². The van der Waals surface area contributed by atoms with Gasteiger partial charge in [-0.1, -0.05) is 6.92 Å². The topological polar surface area (TPSA) is 34.0 Å². The van der Waals surface area contributed by atoms with Crippen molar-refractivity contribution < 1.29 is 0 Å². The van der Waals surface area contributed by atoms with Gasteiger partial charge in [0.15, 0.2) is 0 Å². The molecule has 0 amide bonds. The van der Waals surface area contributed by atoms with Crippen LogP contribution in [-0.4, -0.2) is 27.6 Å². The fourth-order valence-corrected chi connectivity index (χ4v) is 3.42. The molecule has 1 fully saturated rings. The van der Waals surface area contributed by atoms with Crippen LogP contribution in [0.3, 0.4) is 0 Å². The highest BCUT2D eigenvalue weighted by Crippen LogP contribution is 2.33. The number of piperidine rings is 1. The smallest absolute Gasteiger partial charge is 0.146 e. The summed E-state index contributed by atoms with van der Waals surface area (Å²) >= 11 is 3.64. The van der Waals surface area contributed by atoms with Gasteiger partial charge in [-0.3, -0.25) is 0 Å². The van der Waals surface area contributed by atoms with E-state index in [0.29, 0.717) is 0 Å². The van der Waals surface area contributed by atoms with Crippen LogP contribution in [0.5, 0.6) is 0 Å². The summed E-state index contributed by atoms with van der Waals surface area (Å²) in [5, 5.41) is 1.14. The second kappa shape index (κ2) is 4.78. The number of aromatic nitrogens is 3. The van der Waals surface area contributed by atoms with Crippen LogP contribution < -0.4 is 4.90 Å². The molecule has 5 heteroatoms. The van der Waals surface area contributed by atoms with Crippen LogP contribution in [0.4, 0.5) is 5.82 Å². The summed E-state index contributed by atoms with van der Waals surface area (Å²) in [5.74, 6) is 2.76. The van der Waals surface area contributed by atoms with E-state index in [1.807, 2.05) is 14.0 Å². The lowest BCUT2D eigenvalue weighted by molar-refractivity contribution is 0.437. The van der Waals surface area contributed by atoms with Gasteiger partial charge in [-0.25, -0.2) is 9.97 Å². The first-order valence-corrected chi connectivity index (χ1v) is 7.59. The Labute approximate surface area is 122 Å². The molecule has 0 bridgehead atoms. The maximum absolute atomic E-state index is 4.70. The molecule has 19 heavy (non-hydrogen) atoms. The van der Waals surface area contributed by atoms with E-state index in [1.165, 1.54) is 12.8 Å². The van der Waals surface area contributed by atoms with Crippen molar-refractivity contribution in [2.75, 3.05) is 18.0 Å². The maximum atomic E-state index is 4.70. The number of aryl methyl sites for hydroxylation is 2. The van der Waals surface area contributed by atoms with Crippen LogP contribution in [0.25, 0.3) is 11.0 Å². The molecule has 4 nitrogen and oxygen atoms in total. The number of anilines is 1. The summed E-state index contributed by atoms with van der Waals surface area (Å²) in [7, 11) is 2.03. The van der Waals surface area contributed by atoms with Gasteiger partial charge in [0, 0.05) is 30.8 Å². The van der Waals surface area contributed by atoms with Gasteiger partial charge in [0.25, 0.3) is 0 Å². The monoisotopic (exact) mass is 322 g/mol. The molecule has 1 aliphatic heterocycles. The SMILES string of the molecule is Cc1nc(N2CCC(C)CC2)c2c(Br)cn(C)c2n1. The molecule has 102 valence electrons. The van der Waals surface area contributed by atoms with Crippen molar-refractivity contribution in [3.8, 4) is 0 Å². The number of rotatable bonds is 1. The van der Waals surface area contributed by atoms with Crippen LogP contribution >= 0.6 is 15.9 Å². The Hall–Kier alpha value is -1.10. The zero-order valence-corrected chi connectivity index (χ0v) is 13.2. The molecule has 3 heterocycles. The minimum atomic E-state index is 0.828. The Balaban J connectivity index is 2.12. The molecular weight excluding hydrogens is 304 g/mol. The number of halogens is 1. The number of hydrogen-bond acceptors (Lipinski definition) is 3. The highest BCUT2D eigenvalue weighted by molar-refractivity contribution is 9.10. The van der Waals surface area contributed by atoms with Crippen molar-refractivity contribution in [1.82, 2.24) is 14.5 Å². The van der Waals surface area contributed by atoms with E-state index in [1.54, 1.807) is 0 Å². The minimum absolute atomic E-state index is 0.828. The molecule has 0 aliphatic carbocycles. The summed E-state index contributed by atoms with van der Waals surface area (Å²) in [4.78, 5) is 11.7. The van der Waals surface area contributed by atoms with E-state index in [9.17, 15) is 0 Å². The Bertz CT molecular complexity index is 611. The molecule has 2 aromatic rings. The number of nitrogens with zero attached hydrogens (tertiary/aromatic N) is 4. The van der Waals surface area contributed by atoms with Crippen molar-refractivity contribution in [2.45, 2.75) is 26.7 Å². The second-order valence-electron chi connectivity index (χ2n) is 5.55. The number of hydrogen-bond donors (Lipinski definition) is 0. The molecule has 0 aromatic carbocycles. The molecule has 0 unspecified atom stereocenters. The Morgan fingerprint density at radius 2 is 1.95 bits per heavy atom. The van der Waals surface area contributed by atoms with Gasteiger partial charge in [-0.2, -0.15) is 0 Å². The Morgan fingerprint density at radius 3 is 2.63 bits per heavy atom. The molecule has 0 radical (unpaired) electrons. The lowest BCUT2D eigenvalue weighted by Gasteiger charge is -2.31. The predicted molar refractivity (Wildman–Crippen MR) is 81.6 cm³/mol. The molecule has 0 saturated carbocycles. The average molecular weight is 323 g/mol. The van der Waals surface area contributed by atoms with Crippen LogP contribution in [0.1, 0.15) is 25.6 Å². The molecular formula is C14H19BrN4. The van der Waals surface area contributed by atoms with Crippen LogP contribution in [0.2, 0.25) is 0 Å². The third-order valence-corrected chi connectivity index (χ3v) is 4.55. The molecule has 2 aromatic heterocycles. The van der Waals surface area contributed by atoms with Crippen molar-refractivity contribution in [2.24, 2.45) is 13.0 Å². The van der Waals surface area contributed by atoms with Gasteiger partial charge in [-0.05, 0) is 41.6 Å². The normalized spacial score (nSPS) is 17.4. The van der Waals surface area contributed by atoms with E-state index in [4.69, 9.17) is 4.98 Å². The lowest BCUT2D eigenvalue weighted by atomic mass is 9.99. The van der Waals surface area contributed by atoms with Gasteiger partial charge in [0.1, 0.15) is 17.3 Å². The molecule has 0 spiro atoms. The van der Waals surface area contributed by atoms with Crippen LogP contribution in [0, 0.1) is 12.8 Å². The Kier molecular flexibility index (Phi) is 3.25. The van der Waals surface area contributed by atoms with Gasteiger partial charge >= 0.3 is 0 Å². The highest BCUT2D eigenvalue weighted by Gasteiger charge is 2.22. The van der Waals surface area contributed by atoms with Gasteiger partial charge in [-0.15, -0.1) is 0 Å². The van der Waals surface area contributed by atoms with Crippen molar-refractivity contribution >= 4 is 32.8 Å². The lowest BCUT2D eigenvalue weighted by Crippen LogP contribution is -2.33. The van der Waals surface area contributed by atoms with E-state index in [-0.39, 0.29) is 0 Å². The maximum Gasteiger partial charge on any atom is 0.146 e. The summed E-state index contributed by atoms with van der Waals surface area (Å²) < 4.78 is 3.14. The van der Waals surface area contributed by atoms with E-state index < -0.39 is 0 Å². The molecule has 0 atom stereocenters. The van der Waals surface area contributed by atoms with Crippen molar-refractivity contribution in [1.29, 1.82) is 0 Å². The second-order valence-corrected chi connectivity index (χ2v) is 6.40. The van der Waals surface area contributed by atoms with E-state index in [2.05, 4.69) is 43.5 Å². The molecule has 1 saturated heterocycles. The average Bonchev–Trinajstić information content (AvgIpc) is 2.65. The largest absolute Gasteiger partial charge is 0.356 e. The first-order chi connectivity index (χ1) is 9.06. The molecule has 0 N–H and O–H groups in total. The van der Waals surface area contributed by atoms with Crippen molar-refractivity contribution in [3.05, 3.63) is 16.5 Å². The van der Waals surface area contributed by atoms with Crippen LogP contribution in [-0.2, 0) is 7.05 Å². The fourth-order valence-electron chi connectivity index (χ4n) is 2.76. The Morgan fingerprint density at radius 1 is 1.26 bits per heavy atom. The number of fused-ring (bicyclic) bond motifs is 1. The van der Waals surface area contributed by atoms with Gasteiger partial charge < -0.3 is 9.47 Å². The first-order valence-electron chi connectivity index (χ1n) is 6.80. The zero-order chi connectivity index (χ0) is 13.6. The summed E-state index contributed by atoms with van der Waals surface area (Å²) in [5.41, 5.74) is 1.01. The van der Waals surface area contributed by atoms with Crippen LogP contribution in [0.15, 0.2) is 10.7 Å². The van der Waals surface area contributed by atoms with Gasteiger partial charge in [0.05, 0.1) is 5.39 Å². The summed E-state index contributed by atoms with van der Waals surface area (Å²) in [6.45, 7) is 6.48. The first kappa shape index (κ1) is 12.9. The molecule has 3 rings (SSSR count). The van der Waals surface area contributed by atoms with E-state index >= 15 is 0 Å². The van der Waals surface area contributed by atoms with Crippen molar-refractivity contribution in [3.63, 3.8) is 0 Å². The third-order valence-electron chi connectivity index (χ3n) is 3.95. The highest BCUT2D eigenvalue weighted by atomic mass is 79.9.